The van der Waals surface area contributed by atoms with E-state index < -0.39 is 23.8 Å². The molecule has 4 aliphatic heterocycles. The molecule has 1 N–H and O–H groups in total. The molecule has 0 bridgehead atoms. The highest BCUT2D eigenvalue weighted by atomic mass is 16.2. The number of rotatable bonds is 4. The summed E-state index contributed by atoms with van der Waals surface area (Å²) >= 11 is 0. The summed E-state index contributed by atoms with van der Waals surface area (Å²) < 4.78 is 0. The van der Waals surface area contributed by atoms with Crippen LogP contribution in [0.3, 0.4) is 0 Å². The molecule has 4 heterocycles. The lowest BCUT2D eigenvalue weighted by atomic mass is 9.74. The van der Waals surface area contributed by atoms with Crippen LogP contribution in [-0.4, -0.2) is 71.7 Å². The molecular weight excluding hydrogens is 456 g/mol. The first kappa shape index (κ1) is 22.9. The second kappa shape index (κ2) is 8.55. The van der Waals surface area contributed by atoms with E-state index in [0.717, 1.165) is 49.6 Å². The first-order valence-corrected chi connectivity index (χ1v) is 12.7. The summed E-state index contributed by atoms with van der Waals surface area (Å²) in [5, 5.41) is 2.25. The molecule has 1 unspecified atom stereocenters. The number of imide groups is 2. The minimum atomic E-state index is -0.945. The van der Waals surface area contributed by atoms with E-state index in [4.69, 9.17) is 0 Å². The van der Waals surface area contributed by atoms with Gasteiger partial charge >= 0.3 is 0 Å². The second-order valence-corrected chi connectivity index (χ2v) is 10.7. The zero-order valence-electron chi connectivity index (χ0n) is 20.4. The summed E-state index contributed by atoms with van der Waals surface area (Å²) in [6, 6.07) is 15.6. The van der Waals surface area contributed by atoms with Crippen LogP contribution in [-0.2, 0) is 15.0 Å². The topological polar surface area (TPSA) is 90.0 Å². The first-order valence-electron chi connectivity index (χ1n) is 12.7. The highest BCUT2D eigenvalue weighted by Crippen LogP contribution is 2.39. The molecule has 4 aliphatic rings. The van der Waals surface area contributed by atoms with Crippen LogP contribution >= 0.6 is 0 Å². The molecule has 0 saturated carbocycles. The monoisotopic (exact) mass is 486 g/mol. The highest BCUT2D eigenvalue weighted by Gasteiger charge is 2.47. The number of benzene rings is 2. The Morgan fingerprint density at radius 3 is 2.31 bits per heavy atom. The number of hydrogen-bond donors (Lipinski definition) is 1. The minimum Gasteiger partial charge on any atom is -0.368 e. The van der Waals surface area contributed by atoms with Gasteiger partial charge in [0.15, 0.2) is 0 Å². The molecular formula is C28H30N4O4. The van der Waals surface area contributed by atoms with Gasteiger partial charge in [-0.15, -0.1) is 0 Å². The number of nitrogens with zero attached hydrogens (tertiary/aromatic N) is 3. The predicted molar refractivity (Wildman–Crippen MR) is 134 cm³/mol. The Bertz CT molecular complexity index is 1250. The maximum Gasteiger partial charge on any atom is 0.264 e. The van der Waals surface area contributed by atoms with Crippen molar-refractivity contribution in [3.63, 3.8) is 0 Å². The van der Waals surface area contributed by atoms with Crippen molar-refractivity contribution in [1.29, 1.82) is 0 Å². The summed E-state index contributed by atoms with van der Waals surface area (Å²) in [6.45, 7) is 6.04. The minimum absolute atomic E-state index is 0.115. The van der Waals surface area contributed by atoms with Gasteiger partial charge in [-0.1, -0.05) is 43.3 Å². The Morgan fingerprint density at radius 2 is 1.61 bits per heavy atom. The van der Waals surface area contributed by atoms with E-state index in [1.165, 1.54) is 5.56 Å². The molecule has 0 spiro atoms. The van der Waals surface area contributed by atoms with Crippen LogP contribution < -0.4 is 10.2 Å². The fraction of sp³-hybridized carbons (Fsp3) is 0.429. The fourth-order valence-corrected chi connectivity index (χ4v) is 6.16. The van der Waals surface area contributed by atoms with Gasteiger partial charge in [0, 0.05) is 25.6 Å². The Morgan fingerprint density at radius 1 is 0.889 bits per heavy atom. The van der Waals surface area contributed by atoms with Gasteiger partial charge in [-0.25, -0.2) is 0 Å². The molecule has 0 radical (unpaired) electrons. The smallest absolute Gasteiger partial charge is 0.264 e. The quantitative estimate of drug-likeness (QED) is 0.668. The molecule has 4 amide bonds. The number of anilines is 1. The van der Waals surface area contributed by atoms with Crippen molar-refractivity contribution in [2.45, 2.75) is 50.1 Å². The third-order valence-corrected chi connectivity index (χ3v) is 8.54. The van der Waals surface area contributed by atoms with Crippen LogP contribution in [0.25, 0.3) is 0 Å². The molecule has 8 nitrogen and oxygen atoms in total. The Hall–Kier alpha value is -3.52. The largest absolute Gasteiger partial charge is 0.368 e. The maximum absolute atomic E-state index is 13.4. The van der Waals surface area contributed by atoms with E-state index in [0.29, 0.717) is 17.2 Å². The molecule has 0 aromatic heterocycles. The Labute approximate surface area is 210 Å². The third kappa shape index (κ3) is 3.63. The van der Waals surface area contributed by atoms with E-state index in [1.807, 2.05) is 6.07 Å². The van der Waals surface area contributed by atoms with Gasteiger partial charge in [-0.2, -0.15) is 0 Å². The molecule has 2 aromatic rings. The molecule has 0 aliphatic carbocycles. The molecule has 8 heteroatoms. The lowest BCUT2D eigenvalue weighted by Gasteiger charge is -2.50. The van der Waals surface area contributed by atoms with Gasteiger partial charge in [0.2, 0.25) is 11.8 Å². The zero-order valence-corrected chi connectivity index (χ0v) is 20.4. The van der Waals surface area contributed by atoms with Crippen LogP contribution in [0.15, 0.2) is 48.5 Å². The van der Waals surface area contributed by atoms with E-state index in [1.54, 1.807) is 12.1 Å². The summed E-state index contributed by atoms with van der Waals surface area (Å²) in [6.07, 6.45) is 2.50. The summed E-state index contributed by atoms with van der Waals surface area (Å²) in [5.41, 5.74) is 3.07. The molecule has 3 saturated heterocycles. The molecule has 3 fully saturated rings. The average Bonchev–Trinajstić information content (AvgIpc) is 3.11. The van der Waals surface area contributed by atoms with E-state index >= 15 is 0 Å². The van der Waals surface area contributed by atoms with Crippen molar-refractivity contribution in [1.82, 2.24) is 15.1 Å². The van der Waals surface area contributed by atoms with Crippen molar-refractivity contribution < 1.29 is 19.2 Å². The first-order chi connectivity index (χ1) is 17.4. The number of carbonyl (C=O) groups is 4. The normalized spacial score (nSPS) is 24.5. The van der Waals surface area contributed by atoms with Gasteiger partial charge in [-0.05, 0) is 55.5 Å². The molecule has 6 rings (SSSR count). The molecule has 36 heavy (non-hydrogen) atoms. The summed E-state index contributed by atoms with van der Waals surface area (Å²) in [4.78, 5) is 56.2. The number of piperidine rings is 2. The van der Waals surface area contributed by atoms with Gasteiger partial charge < -0.3 is 4.90 Å². The lowest BCUT2D eigenvalue weighted by molar-refractivity contribution is -0.136. The number of hydrogen-bond acceptors (Lipinski definition) is 6. The second-order valence-electron chi connectivity index (χ2n) is 10.7. The van der Waals surface area contributed by atoms with E-state index in [-0.39, 0.29) is 24.2 Å². The Kier molecular flexibility index (Phi) is 5.44. The number of fused-ring (bicyclic) bond motifs is 1. The fourth-order valence-electron chi connectivity index (χ4n) is 6.16. The molecule has 1 atom stereocenters. The van der Waals surface area contributed by atoms with Crippen molar-refractivity contribution in [3.8, 4) is 0 Å². The predicted octanol–water partition coefficient (Wildman–Crippen LogP) is 2.33. The zero-order chi connectivity index (χ0) is 25.0. The van der Waals surface area contributed by atoms with Crippen LogP contribution in [0.4, 0.5) is 5.69 Å². The average molecular weight is 487 g/mol. The Balaban J connectivity index is 1.14. The van der Waals surface area contributed by atoms with Gasteiger partial charge in [-0.3, -0.25) is 34.3 Å². The standard InChI is InChI=1S/C28H30N4O4/c1-28(18-6-3-2-4-7-18)12-14-30(15-13-28)19-16-31(17-19)21-9-5-8-20-24(21)27(36)32(26(20)35)22-10-11-23(33)29-25(22)34/h2-9,19,22H,10-17H2,1H3,(H,29,33,34). The maximum atomic E-state index is 13.4. The number of likely N-dealkylation sites (tertiary alicyclic amines) is 1. The van der Waals surface area contributed by atoms with Crippen LogP contribution in [0.2, 0.25) is 0 Å². The lowest BCUT2D eigenvalue weighted by Crippen LogP contribution is -2.62. The number of amides is 4. The van der Waals surface area contributed by atoms with Gasteiger partial charge in [0.05, 0.1) is 16.8 Å². The van der Waals surface area contributed by atoms with Crippen molar-refractivity contribution in [2.24, 2.45) is 0 Å². The summed E-state index contributed by atoms with van der Waals surface area (Å²) in [5.74, 6) is -1.86. The molecule has 186 valence electrons. The third-order valence-electron chi connectivity index (χ3n) is 8.54. The van der Waals surface area contributed by atoms with E-state index in [2.05, 4.69) is 52.4 Å². The summed E-state index contributed by atoms with van der Waals surface area (Å²) in [7, 11) is 0. The number of carbonyl (C=O) groups excluding carboxylic acids is 4. The number of nitrogens with one attached hydrogen (secondary N) is 1. The molecule has 2 aromatic carbocycles. The van der Waals surface area contributed by atoms with E-state index in [9.17, 15) is 19.2 Å². The van der Waals surface area contributed by atoms with Crippen molar-refractivity contribution in [3.05, 3.63) is 65.2 Å². The van der Waals surface area contributed by atoms with Crippen LogP contribution in [0.1, 0.15) is 58.9 Å². The van der Waals surface area contributed by atoms with Crippen molar-refractivity contribution in [2.75, 3.05) is 31.1 Å². The van der Waals surface area contributed by atoms with Crippen LogP contribution in [0.5, 0.6) is 0 Å². The van der Waals surface area contributed by atoms with Crippen molar-refractivity contribution >= 4 is 29.3 Å². The van der Waals surface area contributed by atoms with Gasteiger partial charge in [0.1, 0.15) is 6.04 Å². The van der Waals surface area contributed by atoms with Crippen LogP contribution in [0, 0.1) is 0 Å². The highest BCUT2D eigenvalue weighted by molar-refractivity contribution is 6.25. The van der Waals surface area contributed by atoms with Gasteiger partial charge in [0.25, 0.3) is 11.8 Å². The SMILES string of the molecule is CC1(c2ccccc2)CCN(C2CN(c3cccc4c3C(=O)N(C3CCC(=O)NC3=O)C4=O)C2)CC1.